The van der Waals surface area contributed by atoms with E-state index in [1.54, 1.807) is 12.1 Å². The van der Waals surface area contributed by atoms with Gasteiger partial charge in [0.25, 0.3) is 0 Å². The molecule has 5 nitrogen and oxygen atoms in total. The van der Waals surface area contributed by atoms with Gasteiger partial charge in [0.1, 0.15) is 5.75 Å². The molecule has 98 valence electrons. The summed E-state index contributed by atoms with van der Waals surface area (Å²) in [4.78, 5) is 24.3. The number of phenols is 1. The summed E-state index contributed by atoms with van der Waals surface area (Å²) in [6.07, 6.45) is -0.165. The second-order valence-corrected chi connectivity index (χ2v) is 4.13. The molecule has 1 aromatic carbocycles. The summed E-state index contributed by atoms with van der Waals surface area (Å²) in [5.41, 5.74) is 0.715. The Bertz CT molecular complexity index is 425. The second kappa shape index (κ2) is 6.05. The molecule has 1 atom stereocenters. The lowest BCUT2D eigenvalue weighted by Gasteiger charge is -2.15. The Hall–Kier alpha value is -2.04. The lowest BCUT2D eigenvalue weighted by atomic mass is 9.97. The highest BCUT2D eigenvalue weighted by atomic mass is 16.6. The molecule has 1 amide bonds. The highest BCUT2D eigenvalue weighted by Crippen LogP contribution is 2.23. The number of benzene rings is 1. The minimum atomic E-state index is -0.683. The first-order valence-electron chi connectivity index (χ1n) is 5.67. The van der Waals surface area contributed by atoms with Gasteiger partial charge in [-0.1, -0.05) is 19.1 Å². The summed E-state index contributed by atoms with van der Waals surface area (Å²) in [6.45, 7) is 1.83. The molecule has 0 aliphatic rings. The first-order valence-corrected chi connectivity index (χ1v) is 5.67. The third-order valence-electron chi connectivity index (χ3n) is 2.54. The summed E-state index contributed by atoms with van der Waals surface area (Å²) in [6, 6.07) is 6.29. The predicted molar refractivity (Wildman–Crippen MR) is 66.3 cm³/mol. The van der Waals surface area contributed by atoms with Gasteiger partial charge in [-0.05, 0) is 24.1 Å². The molecule has 0 aromatic heterocycles. The highest BCUT2D eigenvalue weighted by Gasteiger charge is 2.23. The lowest BCUT2D eigenvalue weighted by molar-refractivity contribution is -0.140. The van der Waals surface area contributed by atoms with E-state index >= 15 is 0 Å². The van der Waals surface area contributed by atoms with Crippen molar-refractivity contribution < 1.29 is 19.4 Å². The second-order valence-electron chi connectivity index (χ2n) is 4.13. The quantitative estimate of drug-likeness (QED) is 0.660. The SMILES string of the molecule is CC[C@@H](C(=O)OC(=O)N(C)C)c1ccc(O)cc1. The van der Waals surface area contributed by atoms with Crippen molar-refractivity contribution in [1.82, 2.24) is 4.90 Å². The Balaban J connectivity index is 2.80. The number of hydrogen-bond donors (Lipinski definition) is 1. The normalized spacial score (nSPS) is 11.7. The zero-order chi connectivity index (χ0) is 13.7. The van der Waals surface area contributed by atoms with Crippen molar-refractivity contribution in [2.45, 2.75) is 19.3 Å². The Kier molecular flexibility index (Phi) is 4.71. The van der Waals surface area contributed by atoms with Crippen molar-refractivity contribution in [2.24, 2.45) is 0 Å². The number of nitrogens with zero attached hydrogens (tertiary/aromatic N) is 1. The maximum Gasteiger partial charge on any atom is 0.417 e. The molecule has 0 unspecified atom stereocenters. The molecule has 0 saturated heterocycles. The summed E-state index contributed by atoms with van der Waals surface area (Å²) in [7, 11) is 3.02. The first kappa shape index (κ1) is 14.0. The van der Waals surface area contributed by atoms with E-state index in [0.717, 1.165) is 0 Å². The van der Waals surface area contributed by atoms with Crippen LogP contribution >= 0.6 is 0 Å². The summed E-state index contributed by atoms with van der Waals surface area (Å²) >= 11 is 0. The molecular weight excluding hydrogens is 234 g/mol. The third-order valence-corrected chi connectivity index (χ3v) is 2.54. The molecule has 0 aliphatic heterocycles. The van der Waals surface area contributed by atoms with Gasteiger partial charge in [-0.2, -0.15) is 0 Å². The zero-order valence-electron chi connectivity index (χ0n) is 10.7. The van der Waals surface area contributed by atoms with E-state index in [9.17, 15) is 14.7 Å². The first-order chi connectivity index (χ1) is 8.45. The van der Waals surface area contributed by atoms with Crippen molar-refractivity contribution in [3.05, 3.63) is 29.8 Å². The molecule has 18 heavy (non-hydrogen) atoms. The van der Waals surface area contributed by atoms with Crippen LogP contribution in [0.2, 0.25) is 0 Å². The van der Waals surface area contributed by atoms with Crippen LogP contribution in [0.3, 0.4) is 0 Å². The van der Waals surface area contributed by atoms with Crippen LogP contribution < -0.4 is 0 Å². The minimum Gasteiger partial charge on any atom is -0.508 e. The van der Waals surface area contributed by atoms with Crippen molar-refractivity contribution in [1.29, 1.82) is 0 Å². The zero-order valence-corrected chi connectivity index (χ0v) is 10.7. The van der Waals surface area contributed by atoms with Crippen LogP contribution in [-0.4, -0.2) is 36.2 Å². The van der Waals surface area contributed by atoms with Gasteiger partial charge in [0.05, 0.1) is 5.92 Å². The molecule has 0 bridgehead atoms. The standard InChI is InChI=1S/C13H17NO4/c1-4-11(9-5-7-10(15)8-6-9)12(16)18-13(17)14(2)3/h5-8,11,15H,4H2,1-3H3/t11-/m1/s1. The minimum absolute atomic E-state index is 0.131. The fourth-order valence-electron chi connectivity index (χ4n) is 1.49. The number of carbonyl (C=O) groups excluding carboxylic acids is 2. The van der Waals surface area contributed by atoms with Gasteiger partial charge in [0.2, 0.25) is 0 Å². The van der Waals surface area contributed by atoms with Gasteiger partial charge < -0.3 is 14.7 Å². The maximum absolute atomic E-state index is 11.8. The molecule has 1 rings (SSSR count). The van der Waals surface area contributed by atoms with Crippen LogP contribution in [0.15, 0.2) is 24.3 Å². The Morgan fingerprint density at radius 2 is 1.83 bits per heavy atom. The number of esters is 1. The van der Waals surface area contributed by atoms with Crippen LogP contribution in [0.25, 0.3) is 0 Å². The maximum atomic E-state index is 11.8. The van der Waals surface area contributed by atoms with Gasteiger partial charge in [-0.3, -0.25) is 4.79 Å². The average molecular weight is 251 g/mol. The van der Waals surface area contributed by atoms with Gasteiger partial charge >= 0.3 is 12.1 Å². The van der Waals surface area contributed by atoms with Crippen LogP contribution in [0, 0.1) is 0 Å². The number of ether oxygens (including phenoxy) is 1. The Morgan fingerprint density at radius 1 is 1.28 bits per heavy atom. The van der Waals surface area contributed by atoms with Crippen molar-refractivity contribution in [3.63, 3.8) is 0 Å². The Labute approximate surface area is 106 Å². The molecule has 0 heterocycles. The van der Waals surface area contributed by atoms with Gasteiger partial charge in [-0.25, -0.2) is 4.79 Å². The molecule has 1 N–H and O–H groups in total. The molecule has 0 fully saturated rings. The molecule has 0 aliphatic carbocycles. The number of phenolic OH excluding ortho intramolecular Hbond substituents is 1. The number of hydrogen-bond acceptors (Lipinski definition) is 4. The van der Waals surface area contributed by atoms with Crippen molar-refractivity contribution >= 4 is 12.1 Å². The van der Waals surface area contributed by atoms with E-state index in [1.165, 1.54) is 31.1 Å². The molecule has 0 radical (unpaired) electrons. The largest absolute Gasteiger partial charge is 0.508 e. The van der Waals surface area contributed by atoms with Gasteiger partial charge in [-0.15, -0.1) is 0 Å². The summed E-state index contributed by atoms with van der Waals surface area (Å²) in [5.74, 6) is -0.956. The van der Waals surface area contributed by atoms with Crippen LogP contribution in [0.5, 0.6) is 5.75 Å². The van der Waals surface area contributed by atoms with E-state index in [2.05, 4.69) is 0 Å². The van der Waals surface area contributed by atoms with Gasteiger partial charge in [0, 0.05) is 14.1 Å². The highest BCUT2D eigenvalue weighted by molar-refractivity contribution is 5.88. The molecule has 0 spiro atoms. The van der Waals surface area contributed by atoms with E-state index < -0.39 is 18.0 Å². The van der Waals surface area contributed by atoms with E-state index in [1.807, 2.05) is 6.92 Å². The smallest absolute Gasteiger partial charge is 0.417 e. The topological polar surface area (TPSA) is 66.8 Å². The van der Waals surface area contributed by atoms with Crippen LogP contribution in [0.4, 0.5) is 4.79 Å². The van der Waals surface area contributed by atoms with E-state index in [0.29, 0.717) is 12.0 Å². The van der Waals surface area contributed by atoms with E-state index in [4.69, 9.17) is 4.74 Å². The third kappa shape index (κ3) is 3.48. The summed E-state index contributed by atoms with van der Waals surface area (Å²) < 4.78 is 4.74. The van der Waals surface area contributed by atoms with Crippen LogP contribution in [0.1, 0.15) is 24.8 Å². The fraction of sp³-hybridized carbons (Fsp3) is 0.385. The molecule has 5 heteroatoms. The molecule has 1 aromatic rings. The summed E-state index contributed by atoms with van der Waals surface area (Å²) in [5, 5.41) is 9.19. The number of amides is 1. The fourth-order valence-corrected chi connectivity index (χ4v) is 1.49. The van der Waals surface area contributed by atoms with Crippen LogP contribution in [-0.2, 0) is 9.53 Å². The van der Waals surface area contributed by atoms with Gasteiger partial charge in [0.15, 0.2) is 0 Å². The number of aromatic hydroxyl groups is 1. The van der Waals surface area contributed by atoms with E-state index in [-0.39, 0.29) is 5.75 Å². The van der Waals surface area contributed by atoms with Crippen molar-refractivity contribution in [2.75, 3.05) is 14.1 Å². The molecule has 0 saturated carbocycles. The Morgan fingerprint density at radius 3 is 2.28 bits per heavy atom. The number of carbonyl (C=O) groups is 2. The number of rotatable bonds is 3. The predicted octanol–water partition coefficient (Wildman–Crippen LogP) is 2.11. The molecular formula is C13H17NO4. The lowest BCUT2D eigenvalue weighted by Crippen LogP contribution is -2.28. The monoisotopic (exact) mass is 251 g/mol. The average Bonchev–Trinajstić information content (AvgIpc) is 2.32. The van der Waals surface area contributed by atoms with Crippen molar-refractivity contribution in [3.8, 4) is 5.75 Å².